The summed E-state index contributed by atoms with van der Waals surface area (Å²) in [7, 11) is 0. The van der Waals surface area contributed by atoms with Crippen LogP contribution in [0.15, 0.2) is 42.5 Å². The molecule has 0 aliphatic rings. The molecule has 1 rings (SSSR count). The molecule has 0 unspecified atom stereocenters. The first-order valence-corrected chi connectivity index (χ1v) is 6.07. The average Bonchev–Trinajstić information content (AvgIpc) is 2.35. The van der Waals surface area contributed by atoms with Gasteiger partial charge in [-0.25, -0.2) is 9.59 Å². The zero-order valence-corrected chi connectivity index (χ0v) is 11.1. The number of hydrogen-bond acceptors (Lipinski definition) is 3. The summed E-state index contributed by atoms with van der Waals surface area (Å²) in [6.45, 7) is 3.62. The van der Waals surface area contributed by atoms with Gasteiger partial charge in [-0.3, -0.25) is 0 Å². The minimum atomic E-state index is -1.17. The topological polar surface area (TPSA) is 63.6 Å². The molecular weight excluding hydrogens is 244 g/mol. The Kier molecular flexibility index (Phi) is 5.30. The third kappa shape index (κ3) is 6.41. The number of carboxylic acid groups (broad SMARTS) is 1. The van der Waals surface area contributed by atoms with Crippen molar-refractivity contribution in [2.75, 3.05) is 0 Å². The molecule has 0 saturated heterocycles. The Morgan fingerprint density at radius 2 is 1.84 bits per heavy atom. The van der Waals surface area contributed by atoms with Crippen molar-refractivity contribution in [3.8, 4) is 0 Å². The van der Waals surface area contributed by atoms with Crippen LogP contribution in [0.1, 0.15) is 25.8 Å². The SMILES string of the molecule is CC(C)(CCc1ccccc1)OC(=O)/C=C/C(=O)O. The summed E-state index contributed by atoms with van der Waals surface area (Å²) in [6, 6.07) is 9.91. The first-order chi connectivity index (χ1) is 8.89. The predicted octanol–water partition coefficient (Wildman–Crippen LogP) is 2.58. The second kappa shape index (κ2) is 6.73. The Labute approximate surface area is 112 Å². The Bertz CT molecular complexity index is 460. The van der Waals surface area contributed by atoms with Gasteiger partial charge >= 0.3 is 11.9 Å². The fourth-order valence-corrected chi connectivity index (χ4v) is 1.59. The molecule has 0 aliphatic heterocycles. The van der Waals surface area contributed by atoms with Crippen LogP contribution in [0.25, 0.3) is 0 Å². The predicted molar refractivity (Wildman–Crippen MR) is 71.7 cm³/mol. The second-order valence-electron chi connectivity index (χ2n) is 4.84. The largest absolute Gasteiger partial charge is 0.478 e. The Morgan fingerprint density at radius 1 is 1.21 bits per heavy atom. The van der Waals surface area contributed by atoms with Gasteiger partial charge in [-0.05, 0) is 32.3 Å². The molecule has 0 saturated carbocycles. The maximum Gasteiger partial charge on any atom is 0.331 e. The lowest BCUT2D eigenvalue weighted by Crippen LogP contribution is -2.28. The summed E-state index contributed by atoms with van der Waals surface area (Å²) in [5.41, 5.74) is 0.545. The van der Waals surface area contributed by atoms with E-state index in [4.69, 9.17) is 9.84 Å². The maximum atomic E-state index is 11.4. The highest BCUT2D eigenvalue weighted by atomic mass is 16.6. The summed E-state index contributed by atoms with van der Waals surface area (Å²) in [5, 5.41) is 8.42. The van der Waals surface area contributed by atoms with Crippen LogP contribution < -0.4 is 0 Å². The van der Waals surface area contributed by atoms with Gasteiger partial charge < -0.3 is 9.84 Å². The highest BCUT2D eigenvalue weighted by molar-refractivity contribution is 5.90. The highest BCUT2D eigenvalue weighted by Gasteiger charge is 2.21. The van der Waals surface area contributed by atoms with E-state index >= 15 is 0 Å². The molecule has 0 atom stereocenters. The van der Waals surface area contributed by atoms with Crippen LogP contribution in [0, 0.1) is 0 Å². The number of carbonyl (C=O) groups is 2. The van der Waals surface area contributed by atoms with Crippen LogP contribution in [-0.2, 0) is 20.7 Å². The Morgan fingerprint density at radius 3 is 2.42 bits per heavy atom. The number of hydrogen-bond donors (Lipinski definition) is 1. The molecule has 0 amide bonds. The molecule has 1 aromatic carbocycles. The van der Waals surface area contributed by atoms with Gasteiger partial charge in [0.25, 0.3) is 0 Å². The van der Waals surface area contributed by atoms with E-state index in [0.29, 0.717) is 6.42 Å². The summed E-state index contributed by atoms with van der Waals surface area (Å²) >= 11 is 0. The lowest BCUT2D eigenvalue weighted by molar-refractivity contribution is -0.151. The van der Waals surface area contributed by atoms with E-state index in [2.05, 4.69) is 0 Å². The van der Waals surface area contributed by atoms with Crippen LogP contribution in [0.4, 0.5) is 0 Å². The first-order valence-electron chi connectivity index (χ1n) is 6.07. The fraction of sp³-hybridized carbons (Fsp3) is 0.333. The number of esters is 1. The zero-order valence-electron chi connectivity index (χ0n) is 11.1. The minimum absolute atomic E-state index is 0.629. The van der Waals surface area contributed by atoms with E-state index in [-0.39, 0.29) is 0 Å². The number of benzene rings is 1. The van der Waals surface area contributed by atoms with Gasteiger partial charge in [-0.1, -0.05) is 30.3 Å². The summed E-state index contributed by atoms with van der Waals surface area (Å²) in [5.74, 6) is -1.81. The number of carboxylic acids is 1. The van der Waals surface area contributed by atoms with Crippen LogP contribution in [0.2, 0.25) is 0 Å². The van der Waals surface area contributed by atoms with Crippen molar-refractivity contribution in [3.05, 3.63) is 48.0 Å². The molecule has 0 aromatic heterocycles. The van der Waals surface area contributed by atoms with E-state index in [9.17, 15) is 9.59 Å². The van der Waals surface area contributed by atoms with E-state index < -0.39 is 17.5 Å². The molecule has 4 heteroatoms. The monoisotopic (exact) mass is 262 g/mol. The zero-order chi connectivity index (χ0) is 14.3. The van der Waals surface area contributed by atoms with Crippen molar-refractivity contribution >= 4 is 11.9 Å². The number of aliphatic carboxylic acids is 1. The van der Waals surface area contributed by atoms with Gasteiger partial charge in [0.1, 0.15) is 5.60 Å². The number of ether oxygens (including phenoxy) is 1. The molecule has 0 aliphatic carbocycles. The van der Waals surface area contributed by atoms with Gasteiger partial charge in [0.15, 0.2) is 0 Å². The quantitative estimate of drug-likeness (QED) is 0.632. The first kappa shape index (κ1) is 15.0. The lowest BCUT2D eigenvalue weighted by Gasteiger charge is -2.24. The van der Waals surface area contributed by atoms with Crippen molar-refractivity contribution < 1.29 is 19.4 Å². The van der Waals surface area contributed by atoms with Gasteiger partial charge in [0.05, 0.1) is 0 Å². The van der Waals surface area contributed by atoms with E-state index in [1.807, 2.05) is 44.2 Å². The average molecular weight is 262 g/mol. The molecule has 1 N–H and O–H groups in total. The van der Waals surface area contributed by atoms with Crippen molar-refractivity contribution in [3.63, 3.8) is 0 Å². The maximum absolute atomic E-state index is 11.4. The van der Waals surface area contributed by atoms with Crippen molar-refractivity contribution in [1.82, 2.24) is 0 Å². The molecule has 19 heavy (non-hydrogen) atoms. The molecule has 0 bridgehead atoms. The number of aryl methyl sites for hydroxylation is 1. The van der Waals surface area contributed by atoms with Gasteiger partial charge in [0, 0.05) is 12.2 Å². The molecule has 0 fully saturated rings. The summed E-state index contributed by atoms with van der Waals surface area (Å²) in [6.07, 6.45) is 3.16. The fourth-order valence-electron chi connectivity index (χ4n) is 1.59. The third-order valence-electron chi connectivity index (χ3n) is 2.60. The molecule has 1 aromatic rings. The van der Waals surface area contributed by atoms with Crippen LogP contribution in [0.5, 0.6) is 0 Å². The third-order valence-corrected chi connectivity index (χ3v) is 2.60. The molecule has 0 heterocycles. The molecule has 0 spiro atoms. The number of carbonyl (C=O) groups excluding carboxylic acids is 1. The standard InChI is InChI=1S/C15H18O4/c1-15(2,19-14(18)9-8-13(16)17)11-10-12-6-4-3-5-7-12/h3-9H,10-11H2,1-2H3,(H,16,17)/b9-8+. The van der Waals surface area contributed by atoms with E-state index in [1.54, 1.807) is 0 Å². The van der Waals surface area contributed by atoms with E-state index in [0.717, 1.165) is 18.6 Å². The van der Waals surface area contributed by atoms with Crippen LogP contribution >= 0.6 is 0 Å². The molecule has 102 valence electrons. The van der Waals surface area contributed by atoms with Gasteiger partial charge in [-0.2, -0.15) is 0 Å². The summed E-state index contributed by atoms with van der Waals surface area (Å²) < 4.78 is 5.22. The van der Waals surface area contributed by atoms with Crippen LogP contribution in [-0.4, -0.2) is 22.6 Å². The van der Waals surface area contributed by atoms with E-state index in [1.165, 1.54) is 5.56 Å². The van der Waals surface area contributed by atoms with Crippen molar-refractivity contribution in [1.29, 1.82) is 0 Å². The number of rotatable bonds is 6. The molecule has 4 nitrogen and oxygen atoms in total. The molecule has 0 radical (unpaired) electrons. The lowest BCUT2D eigenvalue weighted by atomic mass is 9.98. The Balaban J connectivity index is 2.47. The van der Waals surface area contributed by atoms with Gasteiger partial charge in [-0.15, -0.1) is 0 Å². The van der Waals surface area contributed by atoms with Crippen molar-refractivity contribution in [2.45, 2.75) is 32.3 Å². The van der Waals surface area contributed by atoms with Crippen molar-refractivity contribution in [2.24, 2.45) is 0 Å². The van der Waals surface area contributed by atoms with Crippen LogP contribution in [0.3, 0.4) is 0 Å². The smallest absolute Gasteiger partial charge is 0.331 e. The Hall–Kier alpha value is -2.10. The molecular formula is C15H18O4. The highest BCUT2D eigenvalue weighted by Crippen LogP contribution is 2.18. The second-order valence-corrected chi connectivity index (χ2v) is 4.84. The van der Waals surface area contributed by atoms with Gasteiger partial charge in [0.2, 0.25) is 0 Å². The normalized spacial score (nSPS) is 11.5. The minimum Gasteiger partial charge on any atom is -0.478 e. The summed E-state index contributed by atoms with van der Waals surface area (Å²) in [4.78, 5) is 21.7.